The molecule has 0 atom stereocenters. The van der Waals surface area contributed by atoms with Gasteiger partial charge in [0.05, 0.1) is 84.0 Å². The second kappa shape index (κ2) is 27.8. The van der Waals surface area contributed by atoms with Crippen LogP contribution in [0.25, 0.3) is 211 Å². The van der Waals surface area contributed by atoms with Gasteiger partial charge in [-0.25, -0.2) is 24.9 Å². The molecule has 0 aliphatic rings. The van der Waals surface area contributed by atoms with E-state index in [4.69, 9.17) is 24.9 Å². The Labute approximate surface area is 633 Å². The summed E-state index contributed by atoms with van der Waals surface area (Å²) in [5.74, 6) is 0. The molecule has 0 saturated heterocycles. The average molecular weight is 1400 g/mol. The number of nitrogens with zero attached hydrogens (tertiary/aromatic N) is 10. The van der Waals surface area contributed by atoms with E-state index < -0.39 is 0 Å². The predicted octanol–water partition coefficient (Wildman–Crippen LogP) is 24.9. The van der Waals surface area contributed by atoms with Crippen LogP contribution in [-0.4, -0.2) is 49.8 Å². The predicted molar refractivity (Wildman–Crippen MR) is 451 cm³/mol. The van der Waals surface area contributed by atoms with Crippen LogP contribution in [0.3, 0.4) is 0 Å². The number of hydrogen-bond donors (Lipinski definition) is 0. The second-order valence-electron chi connectivity index (χ2n) is 27.5. The fourth-order valence-corrected chi connectivity index (χ4v) is 15.1. The van der Waals surface area contributed by atoms with Gasteiger partial charge in [0, 0.05) is 113 Å². The van der Waals surface area contributed by atoms with E-state index in [9.17, 15) is 0 Å². The maximum Gasteiger partial charge on any atom is 0.0972 e. The average Bonchev–Trinajstić information content (AvgIpc) is 0.778. The van der Waals surface area contributed by atoms with Crippen molar-refractivity contribution in [3.05, 3.63) is 377 Å². The molecule has 0 aliphatic carbocycles. The molecule has 0 unspecified atom stereocenters. The fourth-order valence-electron chi connectivity index (χ4n) is 15.1. The summed E-state index contributed by atoms with van der Waals surface area (Å²) in [6.45, 7) is 0. The zero-order valence-electron chi connectivity index (χ0n) is 59.3. The number of benzene rings is 11. The molecule has 21 aromatic rings. The topological polar surface area (TPSA) is 129 Å². The van der Waals surface area contributed by atoms with Gasteiger partial charge in [-0.15, -0.1) is 0 Å². The number of aromatic nitrogens is 10. The van der Waals surface area contributed by atoms with Crippen molar-refractivity contribution in [2.45, 2.75) is 0 Å². The van der Waals surface area contributed by atoms with Gasteiger partial charge >= 0.3 is 0 Å². The van der Waals surface area contributed by atoms with Gasteiger partial charge < -0.3 is 0 Å². The summed E-state index contributed by atoms with van der Waals surface area (Å²) in [6.07, 6.45) is 9.26. The van der Waals surface area contributed by atoms with Crippen molar-refractivity contribution >= 4 is 87.2 Å². The van der Waals surface area contributed by atoms with Crippen LogP contribution in [0.15, 0.2) is 377 Å². The molecule has 10 heterocycles. The third-order valence-electron chi connectivity index (χ3n) is 20.7. The van der Waals surface area contributed by atoms with E-state index in [1.54, 1.807) is 0 Å². The van der Waals surface area contributed by atoms with Crippen molar-refractivity contribution in [2.24, 2.45) is 0 Å². The first-order valence-corrected chi connectivity index (χ1v) is 36.7. The monoisotopic (exact) mass is 1400 g/mol. The van der Waals surface area contributed by atoms with E-state index in [1.807, 2.05) is 85.6 Å². The molecule has 11 aromatic carbocycles. The van der Waals surface area contributed by atoms with E-state index in [0.717, 1.165) is 211 Å². The molecule has 0 saturated carbocycles. The number of pyridine rings is 10. The van der Waals surface area contributed by atoms with Crippen molar-refractivity contribution in [1.82, 2.24) is 49.8 Å². The minimum Gasteiger partial charge on any atom is -0.256 e. The van der Waals surface area contributed by atoms with E-state index in [2.05, 4.69) is 316 Å². The lowest BCUT2D eigenvalue weighted by molar-refractivity contribution is 1.32. The zero-order chi connectivity index (χ0) is 72.9. The Bertz CT molecular complexity index is 7080. The van der Waals surface area contributed by atoms with E-state index in [-0.39, 0.29) is 0 Å². The van der Waals surface area contributed by atoms with Gasteiger partial charge in [0.1, 0.15) is 0 Å². The fraction of sp³-hybridized carbons (Fsp3) is 0. The van der Waals surface area contributed by atoms with Gasteiger partial charge in [-0.3, -0.25) is 24.9 Å². The van der Waals surface area contributed by atoms with E-state index in [0.29, 0.717) is 0 Å². The molecule has 0 spiro atoms. The normalized spacial score (nSPS) is 11.5. The number of fused-ring (bicyclic) bond motifs is 9. The van der Waals surface area contributed by atoms with Gasteiger partial charge in [0.15, 0.2) is 0 Å². The summed E-state index contributed by atoms with van der Waals surface area (Å²) in [6, 6.07) is 120. The molecule has 10 heteroatoms. The quantitative estimate of drug-likeness (QED) is 0.115. The maximum atomic E-state index is 5.25. The molecular formula is C100H62N10. The number of para-hydroxylation sites is 2. The van der Waals surface area contributed by atoms with Crippen LogP contribution in [0.1, 0.15) is 0 Å². The second-order valence-corrected chi connectivity index (χ2v) is 27.5. The van der Waals surface area contributed by atoms with Gasteiger partial charge in [0.25, 0.3) is 0 Å². The molecule has 0 radical (unpaired) electrons. The van der Waals surface area contributed by atoms with Crippen molar-refractivity contribution in [1.29, 1.82) is 0 Å². The maximum absolute atomic E-state index is 5.25. The van der Waals surface area contributed by atoms with Crippen LogP contribution in [0.2, 0.25) is 0 Å². The highest BCUT2D eigenvalue weighted by atomic mass is 14.8. The molecule has 21 rings (SSSR count). The summed E-state index contributed by atoms with van der Waals surface area (Å²) in [5, 5.41) is 8.76. The van der Waals surface area contributed by atoms with Crippen LogP contribution in [0.4, 0.5) is 0 Å². The summed E-state index contributed by atoms with van der Waals surface area (Å²) in [7, 11) is 0. The van der Waals surface area contributed by atoms with Crippen LogP contribution in [0, 0.1) is 0 Å². The number of hydrogen-bond acceptors (Lipinski definition) is 10. The van der Waals surface area contributed by atoms with Crippen molar-refractivity contribution in [3.63, 3.8) is 0 Å². The first-order chi connectivity index (χ1) is 54.4. The lowest BCUT2D eigenvalue weighted by Crippen LogP contribution is -1.92. The highest BCUT2D eigenvalue weighted by Crippen LogP contribution is 2.40. The highest BCUT2D eigenvalue weighted by Gasteiger charge is 2.17. The molecule has 0 bridgehead atoms. The molecule has 0 fully saturated rings. The molecule has 10 aromatic heterocycles. The molecule has 512 valence electrons. The van der Waals surface area contributed by atoms with E-state index >= 15 is 0 Å². The Hall–Kier alpha value is -15.0. The first kappa shape index (κ1) is 64.6. The van der Waals surface area contributed by atoms with Crippen molar-refractivity contribution in [2.75, 3.05) is 0 Å². The van der Waals surface area contributed by atoms with Crippen LogP contribution >= 0.6 is 0 Å². The zero-order valence-corrected chi connectivity index (χ0v) is 59.3. The largest absolute Gasteiger partial charge is 0.256 e. The third-order valence-corrected chi connectivity index (χ3v) is 20.7. The van der Waals surface area contributed by atoms with Gasteiger partial charge in [-0.2, -0.15) is 0 Å². The molecular weight excluding hydrogens is 1340 g/mol. The Morgan fingerprint density at radius 2 is 0.482 bits per heavy atom. The highest BCUT2D eigenvalue weighted by molar-refractivity contribution is 6.04. The number of rotatable bonds is 11. The smallest absolute Gasteiger partial charge is 0.0972 e. The van der Waals surface area contributed by atoms with Gasteiger partial charge in [0.2, 0.25) is 0 Å². The van der Waals surface area contributed by atoms with Crippen LogP contribution in [0.5, 0.6) is 0 Å². The lowest BCUT2D eigenvalue weighted by Gasteiger charge is -2.14. The summed E-state index contributed by atoms with van der Waals surface area (Å²) in [5.41, 5.74) is 30.6. The molecule has 0 N–H and O–H groups in total. The third kappa shape index (κ3) is 12.6. The Morgan fingerprint density at radius 3 is 0.900 bits per heavy atom. The van der Waals surface area contributed by atoms with Crippen LogP contribution < -0.4 is 0 Å². The Balaban J connectivity index is 0.000000145. The molecule has 0 aliphatic heterocycles. The minimum atomic E-state index is 0.912. The SMILES string of the molecule is c1ccc(-c2cccc(-c3ccc4cc(-c5ccc6nc(-c7cc(-c8ccnc9ccccc89)cc(-c8ccnc9ccccc89)c7)ccc6c5)ccc4n3)c2)nc1.c1ccc(-c2cccc(-c3ccc4cc(-c5ccc6nc(-c7cccc(-c8ccc9ccc%10cccnc%10c9n8)c7)ccc6c5)ccc4n3)c2)nc1. The molecule has 110 heavy (non-hydrogen) atoms. The van der Waals surface area contributed by atoms with Crippen molar-refractivity contribution in [3.8, 4) is 123 Å². The lowest BCUT2D eigenvalue weighted by atomic mass is 9.92. The molecule has 0 amide bonds. The standard InChI is InChI=1S/C53H33N5.C47H29N5/c1-3-13-52-45(10-1)43(23-26-55-52)40-31-41(44-24-27-56-53-14-4-2-11-46(44)53)33-42(32-40)51-22-18-39-29-35(16-20-50(39)58-51)34-15-19-49-38(28-34)17-21-48(57-49)37-9-7-8-36(30-37)47-12-5-6-25-54-47;1-2-24-48-40(11-1)34-6-3-7-35(28-34)41-22-17-38-26-32(15-20-43(38)50-41)33-16-21-44-39(27-33)18-23-42(51-44)36-8-4-9-37(29-36)45-19-14-31-13-12-30-10-5-25-49-46(30)47(31)52-45/h1-33H;1-29H. The first-order valence-electron chi connectivity index (χ1n) is 36.7. The van der Waals surface area contributed by atoms with E-state index in [1.165, 1.54) is 0 Å². The van der Waals surface area contributed by atoms with Gasteiger partial charge in [-0.05, 0) is 214 Å². The minimum absolute atomic E-state index is 0.912. The van der Waals surface area contributed by atoms with Crippen molar-refractivity contribution < 1.29 is 0 Å². The Kier molecular flexibility index (Phi) is 16.3. The summed E-state index contributed by atoms with van der Waals surface area (Å²) in [4.78, 5) is 48.4. The summed E-state index contributed by atoms with van der Waals surface area (Å²) < 4.78 is 0. The van der Waals surface area contributed by atoms with Gasteiger partial charge in [-0.1, -0.05) is 176 Å². The van der Waals surface area contributed by atoms with Crippen LogP contribution in [-0.2, 0) is 0 Å². The summed E-state index contributed by atoms with van der Waals surface area (Å²) >= 11 is 0. The molecule has 10 nitrogen and oxygen atoms in total. The Morgan fingerprint density at radius 1 is 0.145 bits per heavy atom.